The van der Waals surface area contributed by atoms with Gasteiger partial charge in [0.1, 0.15) is 23.9 Å². The van der Waals surface area contributed by atoms with Crippen LogP contribution in [0.15, 0.2) is 41.0 Å². The van der Waals surface area contributed by atoms with Crippen molar-refractivity contribution in [3.8, 4) is 5.75 Å². The highest BCUT2D eigenvalue weighted by molar-refractivity contribution is 9.10. The molecule has 1 aliphatic rings. The molecule has 1 saturated heterocycles. The van der Waals surface area contributed by atoms with Gasteiger partial charge in [-0.25, -0.2) is 4.98 Å². The molecule has 0 atom stereocenters. The van der Waals surface area contributed by atoms with Gasteiger partial charge in [0.25, 0.3) is 5.69 Å². The summed E-state index contributed by atoms with van der Waals surface area (Å²) in [6.07, 6.45) is 3.04. The summed E-state index contributed by atoms with van der Waals surface area (Å²) >= 11 is 9.49. The van der Waals surface area contributed by atoms with Gasteiger partial charge in [0.2, 0.25) is 0 Å². The second-order valence-electron chi connectivity index (χ2n) is 5.49. The third kappa shape index (κ3) is 3.79. The van der Waals surface area contributed by atoms with Gasteiger partial charge in [-0.2, -0.15) is 0 Å². The number of piperidine rings is 1. The van der Waals surface area contributed by atoms with Gasteiger partial charge in [0.15, 0.2) is 0 Å². The van der Waals surface area contributed by atoms with Crippen LogP contribution in [0.1, 0.15) is 12.8 Å². The molecule has 0 spiro atoms. The second-order valence-corrected chi connectivity index (χ2v) is 6.75. The zero-order chi connectivity index (χ0) is 17.1. The number of rotatable bonds is 4. The summed E-state index contributed by atoms with van der Waals surface area (Å²) in [4.78, 5) is 16.7. The summed E-state index contributed by atoms with van der Waals surface area (Å²) in [5.41, 5.74) is -0.0254. The number of anilines is 1. The summed E-state index contributed by atoms with van der Waals surface area (Å²) in [6, 6.07) is 8.92. The number of hydrogen-bond donors (Lipinski definition) is 0. The summed E-state index contributed by atoms with van der Waals surface area (Å²) in [5, 5.41) is 11.4. The summed E-state index contributed by atoms with van der Waals surface area (Å²) in [5.74, 6) is 1.42. The summed E-state index contributed by atoms with van der Waals surface area (Å²) in [7, 11) is 0. The Hall–Kier alpha value is -1.86. The molecule has 1 aromatic carbocycles. The van der Waals surface area contributed by atoms with E-state index < -0.39 is 4.92 Å². The van der Waals surface area contributed by atoms with Crippen LogP contribution in [0.25, 0.3) is 0 Å². The Kier molecular flexibility index (Phi) is 5.20. The van der Waals surface area contributed by atoms with Gasteiger partial charge in [0, 0.05) is 32.0 Å². The van der Waals surface area contributed by atoms with Crippen molar-refractivity contribution in [3.05, 3.63) is 56.1 Å². The van der Waals surface area contributed by atoms with E-state index in [1.165, 1.54) is 12.3 Å². The van der Waals surface area contributed by atoms with E-state index in [1.54, 1.807) is 0 Å². The Morgan fingerprint density at radius 1 is 1.33 bits per heavy atom. The van der Waals surface area contributed by atoms with Crippen molar-refractivity contribution in [1.82, 2.24) is 4.98 Å². The van der Waals surface area contributed by atoms with Crippen LogP contribution in [0.2, 0.25) is 5.02 Å². The molecule has 0 aliphatic carbocycles. The molecule has 3 rings (SSSR count). The zero-order valence-electron chi connectivity index (χ0n) is 12.7. The lowest BCUT2D eigenvalue weighted by Crippen LogP contribution is -2.38. The first-order chi connectivity index (χ1) is 11.5. The van der Waals surface area contributed by atoms with Crippen molar-refractivity contribution in [2.75, 3.05) is 18.0 Å². The fourth-order valence-electron chi connectivity index (χ4n) is 2.66. The van der Waals surface area contributed by atoms with E-state index in [-0.39, 0.29) is 11.8 Å². The third-order valence-electron chi connectivity index (χ3n) is 3.89. The highest BCUT2D eigenvalue weighted by Gasteiger charge is 2.24. The smallest absolute Gasteiger partial charge is 0.288 e. The summed E-state index contributed by atoms with van der Waals surface area (Å²) in [6.45, 7) is 1.52. The van der Waals surface area contributed by atoms with Crippen LogP contribution in [0.5, 0.6) is 5.75 Å². The van der Waals surface area contributed by atoms with Crippen LogP contribution in [0.4, 0.5) is 11.5 Å². The maximum atomic E-state index is 10.8. The van der Waals surface area contributed by atoms with Crippen molar-refractivity contribution in [2.24, 2.45) is 0 Å². The topological polar surface area (TPSA) is 68.5 Å². The fourth-order valence-corrected chi connectivity index (χ4v) is 3.43. The van der Waals surface area contributed by atoms with Crippen molar-refractivity contribution < 1.29 is 9.66 Å². The van der Waals surface area contributed by atoms with Gasteiger partial charge in [-0.1, -0.05) is 23.7 Å². The van der Waals surface area contributed by atoms with E-state index in [1.807, 2.05) is 24.3 Å². The average Bonchev–Trinajstić information content (AvgIpc) is 2.58. The Balaban J connectivity index is 1.63. The molecule has 6 nitrogen and oxygen atoms in total. The number of para-hydroxylation sites is 1. The highest BCUT2D eigenvalue weighted by Crippen LogP contribution is 2.31. The number of pyridine rings is 1. The number of hydrogen-bond acceptors (Lipinski definition) is 5. The first kappa shape index (κ1) is 17.0. The van der Waals surface area contributed by atoms with Gasteiger partial charge in [-0.15, -0.1) is 0 Å². The van der Waals surface area contributed by atoms with Crippen molar-refractivity contribution in [3.63, 3.8) is 0 Å². The number of nitro groups is 1. The largest absolute Gasteiger partial charge is 0.489 e. The number of ether oxygens (including phenoxy) is 1. The van der Waals surface area contributed by atoms with Crippen molar-refractivity contribution >= 4 is 39.0 Å². The van der Waals surface area contributed by atoms with Gasteiger partial charge in [-0.3, -0.25) is 10.1 Å². The predicted molar refractivity (Wildman–Crippen MR) is 95.9 cm³/mol. The Morgan fingerprint density at radius 2 is 2.04 bits per heavy atom. The molecule has 0 unspecified atom stereocenters. The number of benzene rings is 1. The number of nitrogens with zero attached hydrogens (tertiary/aromatic N) is 3. The monoisotopic (exact) mass is 411 g/mol. The van der Waals surface area contributed by atoms with Gasteiger partial charge >= 0.3 is 0 Å². The van der Waals surface area contributed by atoms with Gasteiger partial charge < -0.3 is 9.64 Å². The maximum Gasteiger partial charge on any atom is 0.288 e. The van der Waals surface area contributed by atoms with Crippen LogP contribution < -0.4 is 9.64 Å². The zero-order valence-corrected chi connectivity index (χ0v) is 15.0. The lowest BCUT2D eigenvalue weighted by Gasteiger charge is -2.33. The molecule has 2 heterocycles. The first-order valence-electron chi connectivity index (χ1n) is 7.50. The lowest BCUT2D eigenvalue weighted by molar-refractivity contribution is -0.385. The first-order valence-corrected chi connectivity index (χ1v) is 8.68. The maximum absolute atomic E-state index is 10.8. The molecule has 0 N–H and O–H groups in total. The van der Waals surface area contributed by atoms with Crippen LogP contribution in [0, 0.1) is 10.1 Å². The van der Waals surface area contributed by atoms with Crippen LogP contribution in [0.3, 0.4) is 0 Å². The van der Waals surface area contributed by atoms with E-state index in [0.717, 1.165) is 31.7 Å². The Labute approximate surface area is 152 Å². The van der Waals surface area contributed by atoms with Gasteiger partial charge in [-0.05, 0) is 28.1 Å². The van der Waals surface area contributed by atoms with E-state index in [4.69, 9.17) is 16.3 Å². The molecule has 8 heteroatoms. The Morgan fingerprint density at radius 3 is 2.67 bits per heavy atom. The molecule has 1 aromatic heterocycles. The van der Waals surface area contributed by atoms with E-state index >= 15 is 0 Å². The number of aromatic nitrogens is 1. The summed E-state index contributed by atoms with van der Waals surface area (Å²) < 4.78 is 6.60. The van der Waals surface area contributed by atoms with Crippen LogP contribution in [-0.2, 0) is 0 Å². The molecule has 0 amide bonds. The minimum atomic E-state index is -0.453. The van der Waals surface area contributed by atoms with E-state index in [0.29, 0.717) is 15.2 Å². The van der Waals surface area contributed by atoms with Crippen LogP contribution in [-0.4, -0.2) is 29.1 Å². The standard InChI is InChI=1S/C16H15BrClN3O3/c17-13-9-11(21(22)23)10-19-16(13)20-7-5-12(6-8-20)24-15-4-2-1-3-14(15)18/h1-4,9-10,12H,5-8H2. The molecular formula is C16H15BrClN3O3. The number of halogens is 2. The van der Waals surface area contributed by atoms with Gasteiger partial charge in [0.05, 0.1) is 14.4 Å². The molecule has 0 saturated carbocycles. The predicted octanol–water partition coefficient (Wildman–Crippen LogP) is 4.45. The van der Waals surface area contributed by atoms with Crippen molar-refractivity contribution in [1.29, 1.82) is 0 Å². The minimum absolute atomic E-state index is 0.0254. The highest BCUT2D eigenvalue weighted by atomic mass is 79.9. The molecule has 0 radical (unpaired) electrons. The van der Waals surface area contributed by atoms with Crippen molar-refractivity contribution in [2.45, 2.75) is 18.9 Å². The molecule has 1 fully saturated rings. The molecule has 0 bridgehead atoms. The Bertz CT molecular complexity index is 751. The quantitative estimate of drug-likeness (QED) is 0.548. The fraction of sp³-hybridized carbons (Fsp3) is 0.312. The minimum Gasteiger partial charge on any atom is -0.489 e. The average molecular weight is 413 g/mol. The van der Waals surface area contributed by atoms with E-state index in [2.05, 4.69) is 25.8 Å². The molecular weight excluding hydrogens is 398 g/mol. The molecule has 2 aromatic rings. The van der Waals surface area contributed by atoms with Crippen LogP contribution >= 0.6 is 27.5 Å². The van der Waals surface area contributed by atoms with E-state index in [9.17, 15) is 10.1 Å². The molecule has 1 aliphatic heterocycles. The second kappa shape index (κ2) is 7.36. The lowest BCUT2D eigenvalue weighted by atomic mass is 10.1. The SMILES string of the molecule is O=[N+]([O-])c1cnc(N2CCC(Oc3ccccc3Cl)CC2)c(Br)c1. The normalized spacial score (nSPS) is 15.3. The molecule has 126 valence electrons. The molecule has 24 heavy (non-hydrogen) atoms. The third-order valence-corrected chi connectivity index (χ3v) is 4.79.